The van der Waals surface area contributed by atoms with E-state index >= 15 is 0 Å². The monoisotopic (exact) mass is 478 g/mol. The number of anilines is 2. The lowest BCUT2D eigenvalue weighted by atomic mass is 9.78. The second-order valence-electron chi connectivity index (χ2n) is 8.40. The molecule has 2 aromatic rings. The summed E-state index contributed by atoms with van der Waals surface area (Å²) in [6, 6.07) is 10.9. The number of methoxy groups -OCH3 is 2. The molecule has 1 N–H and O–H groups in total. The SMILES string of the molecule is COc1ccc(OC)c(NC(=O)COC(=O)c2ccc(N3C(=O)[C@H]4[C@H](C)C=CC[C@H]4C3=O)cc2)c1. The Bertz CT molecular complexity index is 1190. The van der Waals surface area contributed by atoms with Crippen LogP contribution in [0.25, 0.3) is 0 Å². The van der Waals surface area contributed by atoms with Crippen LogP contribution in [-0.4, -0.2) is 44.5 Å². The molecule has 2 aliphatic rings. The Morgan fingerprint density at radius 3 is 2.43 bits per heavy atom. The molecule has 0 aromatic heterocycles. The topological polar surface area (TPSA) is 111 Å². The number of amides is 3. The Kier molecular flexibility index (Phi) is 6.86. The third-order valence-corrected chi connectivity index (χ3v) is 6.25. The number of imide groups is 1. The summed E-state index contributed by atoms with van der Waals surface area (Å²) in [6.45, 7) is 1.42. The van der Waals surface area contributed by atoms with E-state index in [9.17, 15) is 19.2 Å². The number of benzene rings is 2. The van der Waals surface area contributed by atoms with Gasteiger partial charge in [-0.05, 0) is 48.7 Å². The third-order valence-electron chi connectivity index (χ3n) is 6.25. The number of hydrogen-bond acceptors (Lipinski definition) is 7. The fourth-order valence-electron chi connectivity index (χ4n) is 4.46. The minimum absolute atomic E-state index is 0.00691. The van der Waals surface area contributed by atoms with Crippen molar-refractivity contribution in [2.75, 3.05) is 31.0 Å². The number of nitrogens with zero attached hydrogens (tertiary/aromatic N) is 1. The van der Waals surface area contributed by atoms with Crippen molar-refractivity contribution in [1.29, 1.82) is 0 Å². The van der Waals surface area contributed by atoms with Gasteiger partial charge >= 0.3 is 5.97 Å². The van der Waals surface area contributed by atoms with Crippen molar-refractivity contribution >= 4 is 35.1 Å². The third kappa shape index (κ3) is 4.75. The lowest BCUT2D eigenvalue weighted by molar-refractivity contribution is -0.123. The Labute approximate surface area is 202 Å². The molecule has 1 heterocycles. The summed E-state index contributed by atoms with van der Waals surface area (Å²) in [6.07, 6.45) is 4.46. The molecule has 0 unspecified atom stereocenters. The van der Waals surface area contributed by atoms with Crippen LogP contribution in [0.1, 0.15) is 23.7 Å². The van der Waals surface area contributed by atoms with Gasteiger partial charge in [-0.2, -0.15) is 0 Å². The lowest BCUT2D eigenvalue weighted by Crippen LogP contribution is -2.31. The minimum Gasteiger partial charge on any atom is -0.497 e. The molecule has 3 amide bonds. The molecular formula is C26H26N2O7. The van der Waals surface area contributed by atoms with Gasteiger partial charge in [-0.3, -0.25) is 19.3 Å². The Hall–Kier alpha value is -4.14. The van der Waals surface area contributed by atoms with Crippen molar-refractivity contribution in [2.45, 2.75) is 13.3 Å². The van der Waals surface area contributed by atoms with Gasteiger partial charge < -0.3 is 19.5 Å². The zero-order chi connectivity index (χ0) is 25.1. The van der Waals surface area contributed by atoms with Crippen molar-refractivity contribution in [2.24, 2.45) is 17.8 Å². The van der Waals surface area contributed by atoms with E-state index in [1.165, 1.54) is 43.4 Å². The molecular weight excluding hydrogens is 452 g/mol. The van der Waals surface area contributed by atoms with Crippen LogP contribution in [0.15, 0.2) is 54.6 Å². The highest BCUT2D eigenvalue weighted by Gasteiger charge is 2.50. The van der Waals surface area contributed by atoms with Gasteiger partial charge in [0, 0.05) is 6.07 Å². The van der Waals surface area contributed by atoms with Crippen LogP contribution in [0.2, 0.25) is 0 Å². The molecule has 3 atom stereocenters. The van der Waals surface area contributed by atoms with Gasteiger partial charge in [-0.1, -0.05) is 19.1 Å². The van der Waals surface area contributed by atoms with Crippen molar-refractivity contribution in [3.8, 4) is 11.5 Å². The number of hydrogen-bond donors (Lipinski definition) is 1. The average Bonchev–Trinajstić information content (AvgIpc) is 3.13. The average molecular weight is 479 g/mol. The second kappa shape index (κ2) is 10.0. The molecule has 1 aliphatic heterocycles. The van der Waals surface area contributed by atoms with Gasteiger partial charge in [-0.15, -0.1) is 0 Å². The number of allylic oxidation sites excluding steroid dienone is 2. The first-order valence-corrected chi connectivity index (χ1v) is 11.2. The summed E-state index contributed by atoms with van der Waals surface area (Å²) >= 11 is 0. The fraction of sp³-hybridized carbons (Fsp3) is 0.308. The van der Waals surface area contributed by atoms with Gasteiger partial charge in [0.15, 0.2) is 6.61 Å². The van der Waals surface area contributed by atoms with Crippen LogP contribution < -0.4 is 19.7 Å². The van der Waals surface area contributed by atoms with E-state index in [-0.39, 0.29) is 35.1 Å². The van der Waals surface area contributed by atoms with Gasteiger partial charge in [0.25, 0.3) is 5.91 Å². The summed E-state index contributed by atoms with van der Waals surface area (Å²) in [5.41, 5.74) is 0.968. The second-order valence-corrected chi connectivity index (χ2v) is 8.40. The molecule has 0 saturated carbocycles. The number of carbonyl (C=O) groups excluding carboxylic acids is 4. The smallest absolute Gasteiger partial charge is 0.338 e. The number of nitrogens with one attached hydrogen (secondary N) is 1. The van der Waals surface area contributed by atoms with Crippen LogP contribution in [0, 0.1) is 17.8 Å². The van der Waals surface area contributed by atoms with Crippen molar-refractivity contribution in [3.05, 3.63) is 60.2 Å². The molecule has 182 valence electrons. The van der Waals surface area contributed by atoms with E-state index in [1.54, 1.807) is 18.2 Å². The molecule has 9 nitrogen and oxygen atoms in total. The first-order valence-electron chi connectivity index (χ1n) is 11.2. The van der Waals surface area contributed by atoms with Gasteiger partial charge in [0.1, 0.15) is 11.5 Å². The Morgan fingerprint density at radius 2 is 1.77 bits per heavy atom. The van der Waals surface area contributed by atoms with Gasteiger partial charge in [0.05, 0.1) is 43.0 Å². The van der Waals surface area contributed by atoms with Crippen LogP contribution in [0.4, 0.5) is 11.4 Å². The summed E-state index contributed by atoms with van der Waals surface area (Å²) in [5.74, 6) is -1.49. The lowest BCUT2D eigenvalue weighted by Gasteiger charge is -2.22. The van der Waals surface area contributed by atoms with Crippen molar-refractivity contribution < 1.29 is 33.4 Å². The molecule has 1 aliphatic carbocycles. The number of carbonyl (C=O) groups is 4. The van der Waals surface area contributed by atoms with E-state index in [2.05, 4.69) is 5.32 Å². The molecule has 35 heavy (non-hydrogen) atoms. The molecule has 0 spiro atoms. The maximum atomic E-state index is 12.9. The van der Waals surface area contributed by atoms with Crippen LogP contribution in [0.3, 0.4) is 0 Å². The molecule has 1 saturated heterocycles. The van der Waals surface area contributed by atoms with Crippen LogP contribution in [-0.2, 0) is 19.1 Å². The van der Waals surface area contributed by atoms with E-state index < -0.39 is 18.5 Å². The maximum Gasteiger partial charge on any atom is 0.338 e. The largest absolute Gasteiger partial charge is 0.497 e. The van der Waals surface area contributed by atoms with Crippen molar-refractivity contribution in [1.82, 2.24) is 0 Å². The summed E-state index contributed by atoms with van der Waals surface area (Å²) in [5, 5.41) is 2.62. The number of esters is 1. The standard InChI is InChI=1S/C26H26N2O7/c1-15-5-4-6-19-23(15)25(31)28(24(19)30)17-9-7-16(8-10-17)26(32)35-14-22(29)27-20-13-18(33-2)11-12-21(20)34-3/h4-5,7-13,15,19,23H,6,14H2,1-3H3,(H,27,29)/t15-,19-,23+/m1/s1. The maximum absolute atomic E-state index is 12.9. The summed E-state index contributed by atoms with van der Waals surface area (Å²) in [7, 11) is 2.97. The molecule has 9 heteroatoms. The zero-order valence-corrected chi connectivity index (χ0v) is 19.6. The highest BCUT2D eigenvalue weighted by molar-refractivity contribution is 6.22. The van der Waals surface area contributed by atoms with E-state index in [4.69, 9.17) is 14.2 Å². The quantitative estimate of drug-likeness (QED) is 0.370. The first kappa shape index (κ1) is 24.0. The van der Waals surface area contributed by atoms with Crippen molar-refractivity contribution in [3.63, 3.8) is 0 Å². The number of rotatable bonds is 7. The number of ether oxygens (including phenoxy) is 3. The predicted octanol–water partition coefficient (Wildman–Crippen LogP) is 3.20. The molecule has 2 aromatic carbocycles. The number of fused-ring (bicyclic) bond motifs is 1. The van der Waals surface area contributed by atoms with E-state index in [0.717, 1.165) is 0 Å². The van der Waals surface area contributed by atoms with E-state index in [0.29, 0.717) is 29.3 Å². The Morgan fingerprint density at radius 1 is 1.03 bits per heavy atom. The molecule has 0 radical (unpaired) electrons. The highest BCUT2D eigenvalue weighted by atomic mass is 16.5. The van der Waals surface area contributed by atoms with Gasteiger partial charge in [-0.25, -0.2) is 4.79 Å². The minimum atomic E-state index is -0.713. The summed E-state index contributed by atoms with van der Waals surface area (Å²) < 4.78 is 15.5. The first-order chi connectivity index (χ1) is 16.8. The Balaban J connectivity index is 1.37. The van der Waals surface area contributed by atoms with Crippen LogP contribution in [0.5, 0.6) is 11.5 Å². The fourth-order valence-corrected chi connectivity index (χ4v) is 4.46. The predicted molar refractivity (Wildman–Crippen MR) is 127 cm³/mol. The normalized spacial score (nSPS) is 20.9. The zero-order valence-electron chi connectivity index (χ0n) is 19.6. The van der Waals surface area contributed by atoms with E-state index in [1.807, 2.05) is 19.1 Å². The highest BCUT2D eigenvalue weighted by Crippen LogP contribution is 2.40. The van der Waals surface area contributed by atoms with Crippen LogP contribution >= 0.6 is 0 Å². The summed E-state index contributed by atoms with van der Waals surface area (Å²) in [4.78, 5) is 51.7. The van der Waals surface area contributed by atoms with Gasteiger partial charge in [0.2, 0.25) is 11.8 Å². The molecule has 4 rings (SSSR count). The molecule has 1 fully saturated rings. The molecule has 0 bridgehead atoms.